The van der Waals surface area contributed by atoms with Crippen LogP contribution < -0.4 is 11.1 Å². The Labute approximate surface area is 162 Å². The first-order valence-corrected chi connectivity index (χ1v) is 9.89. The van der Waals surface area contributed by atoms with Gasteiger partial charge in [-0.05, 0) is 72.4 Å². The summed E-state index contributed by atoms with van der Waals surface area (Å²) >= 11 is 1.51. The molecule has 1 aromatic carbocycles. The van der Waals surface area contributed by atoms with Gasteiger partial charge >= 0.3 is 0 Å². The van der Waals surface area contributed by atoms with Crippen LogP contribution in [0.3, 0.4) is 0 Å². The number of hydrogen-bond donors (Lipinski definition) is 2. The zero-order valence-electron chi connectivity index (χ0n) is 14.8. The molecule has 5 nitrogen and oxygen atoms in total. The second kappa shape index (κ2) is 7.80. The van der Waals surface area contributed by atoms with Crippen LogP contribution in [-0.4, -0.2) is 15.9 Å². The number of carbonyl (C=O) groups excluding carboxylic acids is 1. The number of carbonyl (C=O) groups is 1. The van der Waals surface area contributed by atoms with Gasteiger partial charge in [0.2, 0.25) is 0 Å². The lowest BCUT2D eigenvalue weighted by atomic mass is 10.1. The lowest BCUT2D eigenvalue weighted by Crippen LogP contribution is -2.13. The Bertz CT molecular complexity index is 989. The number of benzene rings is 1. The molecule has 6 heteroatoms. The van der Waals surface area contributed by atoms with Crippen molar-refractivity contribution in [2.45, 2.75) is 30.0 Å². The lowest BCUT2D eigenvalue weighted by Gasteiger charge is -2.10. The molecule has 2 heterocycles. The predicted molar refractivity (Wildman–Crippen MR) is 109 cm³/mol. The average molecular weight is 376 g/mol. The van der Waals surface area contributed by atoms with E-state index in [-0.39, 0.29) is 5.91 Å². The van der Waals surface area contributed by atoms with E-state index < -0.39 is 0 Å². The van der Waals surface area contributed by atoms with Gasteiger partial charge in [0.1, 0.15) is 10.8 Å². The fourth-order valence-electron chi connectivity index (χ4n) is 3.26. The number of nitrogens with one attached hydrogen (secondary N) is 1. The molecule has 0 unspecified atom stereocenters. The summed E-state index contributed by atoms with van der Waals surface area (Å²) in [5.74, 6) is 1.02. The number of amides is 1. The van der Waals surface area contributed by atoms with Crippen molar-refractivity contribution >= 4 is 29.2 Å². The first-order chi connectivity index (χ1) is 13.2. The van der Waals surface area contributed by atoms with E-state index in [0.29, 0.717) is 22.2 Å². The standard InChI is InChI=1S/C21H20N4OS/c22-19-11-14(8-10-23-19)13-27-21-18(5-2-9-24-21)20(26)25-17-7-6-15-3-1-4-16(15)12-17/h2,5-12H,1,3-4,13H2,(H2,22,23)(H,25,26). The molecule has 1 amide bonds. The first kappa shape index (κ1) is 17.5. The van der Waals surface area contributed by atoms with Gasteiger partial charge in [0.15, 0.2) is 0 Å². The normalized spacial score (nSPS) is 12.6. The van der Waals surface area contributed by atoms with E-state index >= 15 is 0 Å². The molecule has 3 aromatic rings. The second-order valence-corrected chi connectivity index (χ2v) is 7.49. The summed E-state index contributed by atoms with van der Waals surface area (Å²) in [6, 6.07) is 13.5. The molecule has 0 bridgehead atoms. The van der Waals surface area contributed by atoms with Crippen molar-refractivity contribution < 1.29 is 4.79 Å². The molecule has 136 valence electrons. The van der Waals surface area contributed by atoms with Crippen LogP contribution in [-0.2, 0) is 18.6 Å². The number of nitrogen functional groups attached to an aromatic ring is 1. The van der Waals surface area contributed by atoms with Crippen LogP contribution in [0.2, 0.25) is 0 Å². The monoisotopic (exact) mass is 376 g/mol. The topological polar surface area (TPSA) is 80.9 Å². The van der Waals surface area contributed by atoms with Crippen LogP contribution >= 0.6 is 11.8 Å². The van der Waals surface area contributed by atoms with Gasteiger partial charge in [-0.3, -0.25) is 4.79 Å². The van der Waals surface area contributed by atoms with Gasteiger partial charge in [-0.1, -0.05) is 6.07 Å². The molecule has 1 aliphatic carbocycles. The summed E-state index contributed by atoms with van der Waals surface area (Å²) in [4.78, 5) is 21.2. The van der Waals surface area contributed by atoms with Crippen LogP contribution in [0, 0.1) is 0 Å². The molecule has 0 fully saturated rings. The van der Waals surface area contributed by atoms with Gasteiger partial charge in [0.25, 0.3) is 5.91 Å². The van der Waals surface area contributed by atoms with Gasteiger partial charge < -0.3 is 11.1 Å². The molecule has 2 aromatic heterocycles. The van der Waals surface area contributed by atoms with Crippen LogP contribution in [0.1, 0.15) is 33.5 Å². The summed E-state index contributed by atoms with van der Waals surface area (Å²) in [6.45, 7) is 0. The Morgan fingerprint density at radius 2 is 1.96 bits per heavy atom. The number of fused-ring (bicyclic) bond motifs is 1. The Kier molecular flexibility index (Phi) is 5.07. The third kappa shape index (κ3) is 4.11. The number of pyridine rings is 2. The SMILES string of the molecule is Nc1cc(CSc2ncccc2C(=O)Nc2ccc3c(c2)CCC3)ccn1. The third-order valence-electron chi connectivity index (χ3n) is 4.59. The highest BCUT2D eigenvalue weighted by Gasteiger charge is 2.15. The smallest absolute Gasteiger partial charge is 0.258 e. The quantitative estimate of drug-likeness (QED) is 0.656. The predicted octanol–water partition coefficient (Wildman–Crippen LogP) is 4.09. The van der Waals surface area contributed by atoms with Crippen LogP contribution in [0.5, 0.6) is 0 Å². The maximum absolute atomic E-state index is 12.8. The van der Waals surface area contributed by atoms with Crippen molar-refractivity contribution in [2.24, 2.45) is 0 Å². The van der Waals surface area contributed by atoms with E-state index in [2.05, 4.69) is 27.4 Å². The fourth-order valence-corrected chi connectivity index (χ4v) is 4.20. The number of nitrogens with two attached hydrogens (primary N) is 1. The highest BCUT2D eigenvalue weighted by molar-refractivity contribution is 7.98. The molecule has 0 atom stereocenters. The van der Waals surface area contributed by atoms with Crippen LogP contribution in [0.4, 0.5) is 11.5 Å². The summed E-state index contributed by atoms with van der Waals surface area (Å²) in [7, 11) is 0. The van der Waals surface area contributed by atoms with Crippen molar-refractivity contribution in [3.8, 4) is 0 Å². The molecule has 0 spiro atoms. The second-order valence-electron chi connectivity index (χ2n) is 6.52. The van der Waals surface area contributed by atoms with E-state index in [1.54, 1.807) is 24.5 Å². The molecular formula is C21H20N4OS. The van der Waals surface area contributed by atoms with Crippen molar-refractivity contribution in [1.82, 2.24) is 9.97 Å². The summed E-state index contributed by atoms with van der Waals surface area (Å²) < 4.78 is 0. The average Bonchev–Trinajstić information content (AvgIpc) is 3.14. The van der Waals surface area contributed by atoms with Crippen molar-refractivity contribution in [3.05, 3.63) is 77.1 Å². The minimum absolute atomic E-state index is 0.141. The Hall–Kier alpha value is -2.86. The van der Waals surface area contributed by atoms with Gasteiger partial charge in [-0.25, -0.2) is 9.97 Å². The Morgan fingerprint density at radius 1 is 1.07 bits per heavy atom. The summed E-state index contributed by atoms with van der Waals surface area (Å²) in [5.41, 5.74) is 10.9. The number of hydrogen-bond acceptors (Lipinski definition) is 5. The largest absolute Gasteiger partial charge is 0.384 e. The molecule has 0 aliphatic heterocycles. The maximum atomic E-state index is 12.8. The van der Waals surface area contributed by atoms with Crippen molar-refractivity contribution in [1.29, 1.82) is 0 Å². The molecule has 0 saturated heterocycles. The highest BCUT2D eigenvalue weighted by atomic mass is 32.2. The minimum Gasteiger partial charge on any atom is -0.384 e. The lowest BCUT2D eigenvalue weighted by molar-refractivity contribution is 0.102. The number of nitrogens with zero attached hydrogens (tertiary/aromatic N) is 2. The van der Waals surface area contributed by atoms with Crippen molar-refractivity contribution in [2.75, 3.05) is 11.1 Å². The molecule has 3 N–H and O–H groups in total. The van der Waals surface area contributed by atoms with E-state index in [9.17, 15) is 4.79 Å². The molecule has 27 heavy (non-hydrogen) atoms. The Morgan fingerprint density at radius 3 is 2.85 bits per heavy atom. The summed E-state index contributed by atoms with van der Waals surface area (Å²) in [5, 5.41) is 3.71. The van der Waals surface area contributed by atoms with Gasteiger partial charge in [-0.2, -0.15) is 0 Å². The minimum atomic E-state index is -0.141. The van der Waals surface area contributed by atoms with E-state index in [0.717, 1.165) is 24.1 Å². The van der Waals surface area contributed by atoms with E-state index in [4.69, 9.17) is 5.73 Å². The third-order valence-corrected chi connectivity index (χ3v) is 5.67. The zero-order chi connectivity index (χ0) is 18.6. The van der Waals surface area contributed by atoms with Crippen LogP contribution in [0.15, 0.2) is 59.9 Å². The first-order valence-electron chi connectivity index (χ1n) is 8.90. The number of rotatable bonds is 5. The van der Waals surface area contributed by atoms with Crippen molar-refractivity contribution in [3.63, 3.8) is 0 Å². The number of aromatic nitrogens is 2. The van der Waals surface area contributed by atoms with Crippen LogP contribution in [0.25, 0.3) is 0 Å². The molecule has 0 saturated carbocycles. The molecule has 4 rings (SSSR count). The number of thioether (sulfide) groups is 1. The molecule has 0 radical (unpaired) electrons. The zero-order valence-corrected chi connectivity index (χ0v) is 15.6. The maximum Gasteiger partial charge on any atom is 0.258 e. The number of anilines is 2. The molecular weight excluding hydrogens is 356 g/mol. The van der Waals surface area contributed by atoms with Gasteiger partial charge in [0, 0.05) is 23.8 Å². The highest BCUT2D eigenvalue weighted by Crippen LogP contribution is 2.27. The summed E-state index contributed by atoms with van der Waals surface area (Å²) in [6.07, 6.45) is 6.80. The van der Waals surface area contributed by atoms with Gasteiger partial charge in [0.05, 0.1) is 5.56 Å². The number of aryl methyl sites for hydroxylation is 2. The van der Waals surface area contributed by atoms with E-state index in [1.165, 1.54) is 29.3 Å². The molecule has 1 aliphatic rings. The Balaban J connectivity index is 1.49. The fraction of sp³-hybridized carbons (Fsp3) is 0.190. The van der Waals surface area contributed by atoms with Gasteiger partial charge in [-0.15, -0.1) is 11.8 Å². The van der Waals surface area contributed by atoms with E-state index in [1.807, 2.05) is 18.2 Å².